The van der Waals surface area contributed by atoms with Gasteiger partial charge in [0.1, 0.15) is 0 Å². The number of hydrogen-bond acceptors (Lipinski definition) is 2. The van der Waals surface area contributed by atoms with Gasteiger partial charge in [-0.15, -0.1) is 0 Å². The van der Waals surface area contributed by atoms with Gasteiger partial charge in [0.05, 0.1) is 12.5 Å². The number of nitrogens with two attached hydrogens (primary N) is 1. The summed E-state index contributed by atoms with van der Waals surface area (Å²) in [5.74, 6) is 0. The molecule has 3 heteroatoms. The molecule has 0 aromatic heterocycles. The fourth-order valence-corrected chi connectivity index (χ4v) is 1.52. The van der Waals surface area contributed by atoms with Gasteiger partial charge in [0.25, 0.3) is 0 Å². The summed E-state index contributed by atoms with van der Waals surface area (Å²) < 4.78 is 1.15. The molecule has 0 saturated carbocycles. The van der Waals surface area contributed by atoms with Crippen LogP contribution in [0.5, 0.6) is 0 Å². The maximum absolute atomic E-state index is 8.44. The van der Waals surface area contributed by atoms with Crippen molar-refractivity contribution in [2.24, 2.45) is 5.73 Å². The molecule has 0 spiro atoms. The number of rotatable bonds is 2. The Bertz CT molecular complexity index is 304. The Balaban J connectivity index is 2.82. The van der Waals surface area contributed by atoms with E-state index in [0.717, 1.165) is 9.13 Å². The second-order valence-corrected chi connectivity index (χ2v) is 3.77. The molecule has 1 rings (SSSR count). The predicted octanol–water partition coefficient (Wildman–Crippen LogP) is 2.20. The first-order valence-corrected chi connectivity index (χ1v) is 4.70. The minimum Gasteiger partial charge on any atom is -0.323 e. The quantitative estimate of drug-likeness (QED) is 0.839. The second-order valence-electron chi connectivity index (χ2n) is 2.52. The van der Waals surface area contributed by atoms with Gasteiger partial charge in [0.2, 0.25) is 0 Å². The van der Waals surface area contributed by atoms with Gasteiger partial charge in [0.15, 0.2) is 0 Å². The molecule has 0 heterocycles. The van der Waals surface area contributed by atoms with Crippen LogP contribution in [0.25, 0.3) is 0 Å². The van der Waals surface area contributed by atoms with Gasteiger partial charge in [-0.3, -0.25) is 0 Å². The highest BCUT2D eigenvalue weighted by atomic mass is 127. The summed E-state index contributed by atoms with van der Waals surface area (Å²) in [6.45, 7) is 0. The highest BCUT2D eigenvalue weighted by Gasteiger charge is 2.04. The summed E-state index contributed by atoms with van der Waals surface area (Å²) in [7, 11) is 0. The SMILES string of the molecule is N#CC[C@H](N)c1cccc(I)c1. The molecule has 1 aromatic rings. The molecule has 12 heavy (non-hydrogen) atoms. The zero-order chi connectivity index (χ0) is 8.97. The Morgan fingerprint density at radius 2 is 2.33 bits per heavy atom. The molecule has 2 N–H and O–H groups in total. The molecule has 0 fully saturated rings. The Morgan fingerprint density at radius 1 is 1.58 bits per heavy atom. The van der Waals surface area contributed by atoms with Crippen molar-refractivity contribution in [3.63, 3.8) is 0 Å². The molecule has 62 valence electrons. The Hall–Kier alpha value is -0.600. The summed E-state index contributed by atoms with van der Waals surface area (Å²) in [5, 5.41) is 8.44. The number of hydrogen-bond donors (Lipinski definition) is 1. The van der Waals surface area contributed by atoms with Gasteiger partial charge in [-0.1, -0.05) is 12.1 Å². The number of halogens is 1. The van der Waals surface area contributed by atoms with E-state index in [0.29, 0.717) is 6.42 Å². The van der Waals surface area contributed by atoms with Crippen molar-refractivity contribution in [1.29, 1.82) is 5.26 Å². The highest BCUT2D eigenvalue weighted by Crippen LogP contribution is 2.15. The summed E-state index contributed by atoms with van der Waals surface area (Å²) >= 11 is 2.23. The van der Waals surface area contributed by atoms with E-state index in [2.05, 4.69) is 28.7 Å². The average Bonchev–Trinajstić information content (AvgIpc) is 2.05. The fourth-order valence-electron chi connectivity index (χ4n) is 0.953. The van der Waals surface area contributed by atoms with Crippen LogP contribution >= 0.6 is 22.6 Å². The zero-order valence-electron chi connectivity index (χ0n) is 6.50. The normalized spacial score (nSPS) is 12.1. The molecular weight excluding hydrogens is 263 g/mol. The first-order valence-electron chi connectivity index (χ1n) is 3.62. The van der Waals surface area contributed by atoms with Crippen molar-refractivity contribution in [1.82, 2.24) is 0 Å². The van der Waals surface area contributed by atoms with Crippen LogP contribution in [0.4, 0.5) is 0 Å². The van der Waals surface area contributed by atoms with E-state index in [-0.39, 0.29) is 6.04 Å². The first-order chi connectivity index (χ1) is 5.74. The number of nitriles is 1. The van der Waals surface area contributed by atoms with Crippen LogP contribution in [0, 0.1) is 14.9 Å². The van der Waals surface area contributed by atoms with E-state index in [4.69, 9.17) is 11.0 Å². The number of benzene rings is 1. The van der Waals surface area contributed by atoms with E-state index >= 15 is 0 Å². The Morgan fingerprint density at radius 3 is 2.92 bits per heavy atom. The van der Waals surface area contributed by atoms with Crippen LogP contribution < -0.4 is 5.73 Å². The van der Waals surface area contributed by atoms with Crippen molar-refractivity contribution < 1.29 is 0 Å². The summed E-state index contributed by atoms with van der Waals surface area (Å²) in [5.41, 5.74) is 6.78. The molecule has 0 saturated heterocycles. The molecular formula is C9H9IN2. The predicted molar refractivity (Wildman–Crippen MR) is 56.3 cm³/mol. The van der Waals surface area contributed by atoms with Crippen LogP contribution in [0.2, 0.25) is 0 Å². The first kappa shape index (κ1) is 9.49. The highest BCUT2D eigenvalue weighted by molar-refractivity contribution is 14.1. The van der Waals surface area contributed by atoms with Crippen molar-refractivity contribution in [2.45, 2.75) is 12.5 Å². The van der Waals surface area contributed by atoms with E-state index < -0.39 is 0 Å². The van der Waals surface area contributed by atoms with Crippen LogP contribution in [0.3, 0.4) is 0 Å². The lowest BCUT2D eigenvalue weighted by Crippen LogP contribution is -2.08. The molecule has 0 aliphatic rings. The third kappa shape index (κ3) is 2.47. The van der Waals surface area contributed by atoms with E-state index in [9.17, 15) is 0 Å². The van der Waals surface area contributed by atoms with Gasteiger partial charge >= 0.3 is 0 Å². The third-order valence-corrected chi connectivity index (χ3v) is 2.26. The molecule has 2 nitrogen and oxygen atoms in total. The lowest BCUT2D eigenvalue weighted by atomic mass is 10.1. The maximum atomic E-state index is 8.44. The second kappa shape index (κ2) is 4.43. The molecule has 0 radical (unpaired) electrons. The van der Waals surface area contributed by atoms with Gasteiger partial charge in [-0.2, -0.15) is 5.26 Å². The summed E-state index contributed by atoms with van der Waals surface area (Å²) in [4.78, 5) is 0. The minimum absolute atomic E-state index is 0.148. The van der Waals surface area contributed by atoms with E-state index in [1.807, 2.05) is 24.3 Å². The standard InChI is InChI=1S/C9H9IN2/c10-8-3-1-2-7(6-8)9(12)4-5-11/h1-3,6,9H,4,12H2/t9-/m0/s1. The van der Waals surface area contributed by atoms with E-state index in [1.54, 1.807) is 0 Å². The fraction of sp³-hybridized carbons (Fsp3) is 0.222. The van der Waals surface area contributed by atoms with Crippen LogP contribution in [-0.2, 0) is 0 Å². The molecule has 0 unspecified atom stereocenters. The topological polar surface area (TPSA) is 49.8 Å². The monoisotopic (exact) mass is 272 g/mol. The molecule has 1 atom stereocenters. The van der Waals surface area contributed by atoms with Gasteiger partial charge in [-0.25, -0.2) is 0 Å². The van der Waals surface area contributed by atoms with Crippen LogP contribution in [-0.4, -0.2) is 0 Å². The van der Waals surface area contributed by atoms with E-state index in [1.165, 1.54) is 0 Å². The lowest BCUT2D eigenvalue weighted by Gasteiger charge is -2.07. The molecule has 0 bridgehead atoms. The number of nitrogens with zero attached hydrogens (tertiary/aromatic N) is 1. The Labute approximate surface area is 85.5 Å². The largest absolute Gasteiger partial charge is 0.323 e. The van der Waals surface area contributed by atoms with Crippen molar-refractivity contribution in [3.05, 3.63) is 33.4 Å². The molecule has 1 aromatic carbocycles. The molecule has 0 amide bonds. The lowest BCUT2D eigenvalue weighted by molar-refractivity contribution is 0.748. The Kier molecular flexibility index (Phi) is 3.50. The van der Waals surface area contributed by atoms with Gasteiger partial charge in [-0.05, 0) is 40.3 Å². The maximum Gasteiger partial charge on any atom is 0.0641 e. The van der Waals surface area contributed by atoms with Gasteiger partial charge < -0.3 is 5.73 Å². The smallest absolute Gasteiger partial charge is 0.0641 e. The average molecular weight is 272 g/mol. The molecule has 0 aliphatic heterocycles. The van der Waals surface area contributed by atoms with Crippen molar-refractivity contribution >= 4 is 22.6 Å². The zero-order valence-corrected chi connectivity index (χ0v) is 8.65. The van der Waals surface area contributed by atoms with Crippen LogP contribution in [0.1, 0.15) is 18.0 Å². The third-order valence-electron chi connectivity index (χ3n) is 1.59. The summed E-state index contributed by atoms with van der Waals surface area (Å²) in [6.07, 6.45) is 0.375. The van der Waals surface area contributed by atoms with Crippen molar-refractivity contribution in [3.8, 4) is 6.07 Å². The van der Waals surface area contributed by atoms with Crippen molar-refractivity contribution in [2.75, 3.05) is 0 Å². The van der Waals surface area contributed by atoms with Crippen LogP contribution in [0.15, 0.2) is 24.3 Å². The summed E-state index contributed by atoms with van der Waals surface area (Å²) in [6, 6.07) is 9.82. The van der Waals surface area contributed by atoms with Gasteiger partial charge in [0, 0.05) is 9.61 Å². The molecule has 0 aliphatic carbocycles. The minimum atomic E-state index is -0.148.